The lowest BCUT2D eigenvalue weighted by atomic mass is 10.1. The van der Waals surface area contributed by atoms with E-state index in [-0.39, 0.29) is 0 Å². The van der Waals surface area contributed by atoms with Gasteiger partial charge in [-0.25, -0.2) is 0 Å². The average molecular weight is 214 g/mol. The van der Waals surface area contributed by atoms with Gasteiger partial charge in [0.05, 0.1) is 0 Å². The zero-order valence-electron chi connectivity index (χ0n) is 10.7. The molecule has 0 unspecified atom stereocenters. The van der Waals surface area contributed by atoms with Crippen molar-refractivity contribution in [3.05, 3.63) is 53.1 Å². The largest absolute Gasteiger partial charge is 0.103 e. The van der Waals surface area contributed by atoms with E-state index in [2.05, 4.69) is 51.6 Å². The lowest BCUT2D eigenvalue weighted by Gasteiger charge is -1.99. The van der Waals surface area contributed by atoms with Gasteiger partial charge in [-0.2, -0.15) is 0 Å². The zero-order valence-corrected chi connectivity index (χ0v) is 10.7. The topological polar surface area (TPSA) is 0 Å². The van der Waals surface area contributed by atoms with Crippen LogP contribution in [0.25, 0.3) is 6.08 Å². The number of benzene rings is 1. The minimum atomic E-state index is 1.08. The first-order chi connectivity index (χ1) is 7.71. The molecule has 1 aromatic rings. The van der Waals surface area contributed by atoms with Crippen molar-refractivity contribution in [2.45, 2.75) is 40.0 Å². The predicted molar refractivity (Wildman–Crippen MR) is 73.6 cm³/mol. The SMILES string of the molecule is C=CCC.CCC1=Cc2ccc(C)cc2C1. The molecule has 1 aliphatic rings. The highest BCUT2D eigenvalue weighted by molar-refractivity contribution is 5.64. The van der Waals surface area contributed by atoms with Crippen molar-refractivity contribution in [3.8, 4) is 0 Å². The predicted octanol–water partition coefficient (Wildman–Crippen LogP) is 4.93. The van der Waals surface area contributed by atoms with Crippen molar-refractivity contribution in [3.63, 3.8) is 0 Å². The standard InChI is InChI=1S/C12H14.C4H8/c1-3-10-7-11-5-4-9(2)6-12(11)8-10;1-3-4-2/h4-7H,3,8H2,1-2H3;3H,1,4H2,2H3. The van der Waals surface area contributed by atoms with Crippen molar-refractivity contribution in [2.75, 3.05) is 0 Å². The van der Waals surface area contributed by atoms with E-state index in [1.54, 1.807) is 5.57 Å². The van der Waals surface area contributed by atoms with Gasteiger partial charge in [0, 0.05) is 0 Å². The van der Waals surface area contributed by atoms with Crippen LogP contribution in [0.1, 0.15) is 43.4 Å². The Morgan fingerprint density at radius 1 is 1.31 bits per heavy atom. The van der Waals surface area contributed by atoms with Crippen LogP contribution < -0.4 is 0 Å². The minimum absolute atomic E-state index is 1.08. The van der Waals surface area contributed by atoms with Crippen molar-refractivity contribution in [1.82, 2.24) is 0 Å². The van der Waals surface area contributed by atoms with Crippen LogP contribution in [0.15, 0.2) is 36.4 Å². The molecule has 0 bridgehead atoms. The molecule has 0 N–H and O–H groups in total. The Balaban J connectivity index is 0.000000280. The summed E-state index contributed by atoms with van der Waals surface area (Å²) in [5.41, 5.74) is 5.87. The summed E-state index contributed by atoms with van der Waals surface area (Å²) in [5, 5.41) is 0. The smallest absolute Gasteiger partial charge is 0.00578 e. The number of hydrogen-bond donors (Lipinski definition) is 0. The number of rotatable bonds is 2. The molecule has 1 aliphatic carbocycles. The molecule has 16 heavy (non-hydrogen) atoms. The molecule has 0 amide bonds. The molecule has 0 aromatic heterocycles. The van der Waals surface area contributed by atoms with Crippen LogP contribution in [-0.2, 0) is 6.42 Å². The van der Waals surface area contributed by atoms with E-state index in [4.69, 9.17) is 0 Å². The van der Waals surface area contributed by atoms with Gasteiger partial charge in [0.25, 0.3) is 0 Å². The highest BCUT2D eigenvalue weighted by Gasteiger charge is 2.10. The third-order valence-corrected chi connectivity index (χ3v) is 2.82. The van der Waals surface area contributed by atoms with E-state index in [0.29, 0.717) is 0 Å². The van der Waals surface area contributed by atoms with Gasteiger partial charge < -0.3 is 0 Å². The van der Waals surface area contributed by atoms with E-state index in [0.717, 1.165) is 6.42 Å². The van der Waals surface area contributed by atoms with Crippen molar-refractivity contribution in [1.29, 1.82) is 0 Å². The van der Waals surface area contributed by atoms with Crippen molar-refractivity contribution >= 4 is 6.08 Å². The number of hydrogen-bond acceptors (Lipinski definition) is 0. The van der Waals surface area contributed by atoms with Crippen LogP contribution in [-0.4, -0.2) is 0 Å². The molecule has 86 valence electrons. The van der Waals surface area contributed by atoms with Crippen molar-refractivity contribution < 1.29 is 0 Å². The van der Waals surface area contributed by atoms with Gasteiger partial charge in [-0.15, -0.1) is 6.58 Å². The molecule has 2 rings (SSSR count). The Morgan fingerprint density at radius 2 is 2.00 bits per heavy atom. The molecule has 0 atom stereocenters. The molecule has 0 saturated heterocycles. The normalized spacial score (nSPS) is 12.3. The first-order valence-electron chi connectivity index (χ1n) is 6.11. The second-order valence-electron chi connectivity index (χ2n) is 4.23. The fourth-order valence-electron chi connectivity index (χ4n) is 1.77. The maximum absolute atomic E-state index is 3.48. The van der Waals surface area contributed by atoms with E-state index in [9.17, 15) is 0 Å². The molecule has 0 radical (unpaired) electrons. The molecule has 0 fully saturated rings. The van der Waals surface area contributed by atoms with E-state index < -0.39 is 0 Å². The molecule has 0 saturated carbocycles. The lowest BCUT2D eigenvalue weighted by Crippen LogP contribution is -1.84. The Bertz CT molecular complexity index is 383. The van der Waals surface area contributed by atoms with Crippen LogP contribution in [0.5, 0.6) is 0 Å². The zero-order chi connectivity index (χ0) is 12.0. The maximum Gasteiger partial charge on any atom is -0.00578 e. The Hall–Kier alpha value is -1.30. The molecular formula is C16H22. The summed E-state index contributed by atoms with van der Waals surface area (Å²) in [6.45, 7) is 9.93. The van der Waals surface area contributed by atoms with Crippen LogP contribution >= 0.6 is 0 Å². The summed E-state index contributed by atoms with van der Waals surface area (Å²) in [5.74, 6) is 0. The molecular weight excluding hydrogens is 192 g/mol. The van der Waals surface area contributed by atoms with Gasteiger partial charge in [0.2, 0.25) is 0 Å². The van der Waals surface area contributed by atoms with Gasteiger partial charge in [-0.3, -0.25) is 0 Å². The van der Waals surface area contributed by atoms with Crippen LogP contribution in [0.2, 0.25) is 0 Å². The quantitative estimate of drug-likeness (QED) is 0.612. The molecule has 1 aromatic carbocycles. The molecule has 0 heterocycles. The van der Waals surface area contributed by atoms with E-state index >= 15 is 0 Å². The van der Waals surface area contributed by atoms with Crippen LogP contribution in [0.4, 0.5) is 0 Å². The fourth-order valence-corrected chi connectivity index (χ4v) is 1.77. The molecule has 0 aliphatic heterocycles. The number of fused-ring (bicyclic) bond motifs is 1. The Kier molecular flexibility index (Phi) is 5.04. The maximum atomic E-state index is 3.48. The van der Waals surface area contributed by atoms with Gasteiger partial charge in [0.15, 0.2) is 0 Å². The summed E-state index contributed by atoms with van der Waals surface area (Å²) in [7, 11) is 0. The van der Waals surface area contributed by atoms with Crippen LogP contribution in [0.3, 0.4) is 0 Å². The molecule has 0 nitrogen and oxygen atoms in total. The fraction of sp³-hybridized carbons (Fsp3) is 0.375. The number of allylic oxidation sites excluding steroid dienone is 2. The summed E-state index contributed by atoms with van der Waals surface area (Å²) < 4.78 is 0. The molecule has 0 spiro atoms. The summed E-state index contributed by atoms with van der Waals surface area (Å²) in [6, 6.07) is 6.72. The summed E-state index contributed by atoms with van der Waals surface area (Å²) in [6.07, 6.45) is 7.65. The summed E-state index contributed by atoms with van der Waals surface area (Å²) >= 11 is 0. The van der Waals surface area contributed by atoms with Crippen molar-refractivity contribution in [2.24, 2.45) is 0 Å². The van der Waals surface area contributed by atoms with E-state index in [1.165, 1.54) is 29.5 Å². The van der Waals surface area contributed by atoms with Gasteiger partial charge in [0.1, 0.15) is 0 Å². The van der Waals surface area contributed by atoms with Gasteiger partial charge in [-0.05, 0) is 37.3 Å². The van der Waals surface area contributed by atoms with Gasteiger partial charge in [-0.1, -0.05) is 55.3 Å². The second-order valence-corrected chi connectivity index (χ2v) is 4.23. The lowest BCUT2D eigenvalue weighted by molar-refractivity contribution is 1.04. The van der Waals surface area contributed by atoms with Crippen LogP contribution in [0, 0.1) is 6.92 Å². The summed E-state index contributed by atoms with van der Waals surface area (Å²) in [4.78, 5) is 0. The highest BCUT2D eigenvalue weighted by Crippen LogP contribution is 2.27. The minimum Gasteiger partial charge on any atom is -0.103 e. The average Bonchev–Trinajstić information content (AvgIpc) is 2.71. The first kappa shape index (κ1) is 12.8. The van der Waals surface area contributed by atoms with Gasteiger partial charge >= 0.3 is 0 Å². The monoisotopic (exact) mass is 214 g/mol. The highest BCUT2D eigenvalue weighted by atomic mass is 14.1. The number of aryl methyl sites for hydroxylation is 1. The molecule has 0 heteroatoms. The third-order valence-electron chi connectivity index (χ3n) is 2.82. The third kappa shape index (κ3) is 3.37. The van der Waals surface area contributed by atoms with E-state index in [1.807, 2.05) is 6.08 Å². The first-order valence-corrected chi connectivity index (χ1v) is 6.11. The Morgan fingerprint density at radius 3 is 2.56 bits per heavy atom. The Labute approximate surface area is 99.7 Å². The second kappa shape index (κ2) is 6.32.